The zero-order valence-corrected chi connectivity index (χ0v) is 25.2. The number of hydrogen-bond acceptors (Lipinski definition) is 4. The van der Waals surface area contributed by atoms with Crippen LogP contribution in [0.4, 0.5) is 0 Å². The molecule has 0 aliphatic heterocycles. The molecule has 0 saturated heterocycles. The molecule has 0 unspecified atom stereocenters. The number of pyridine rings is 3. The van der Waals surface area contributed by atoms with Gasteiger partial charge in [0.05, 0.1) is 16.7 Å². The molecular formula is C35H25N6Pt-. The summed E-state index contributed by atoms with van der Waals surface area (Å²) < 4.78 is 4.02. The van der Waals surface area contributed by atoms with Crippen molar-refractivity contribution in [3.8, 4) is 16.9 Å². The van der Waals surface area contributed by atoms with Gasteiger partial charge in [0, 0.05) is 55.6 Å². The van der Waals surface area contributed by atoms with Crippen molar-refractivity contribution >= 4 is 38.5 Å². The SMILES string of the molecule is CC(C)(c1cccc(-n2cccn2)n1)c1ccc2c(n1)c1[c-]ccc(-c3ccccc3)c1c1nc3ccccc3n21.[Pt]. The summed E-state index contributed by atoms with van der Waals surface area (Å²) >= 11 is 0. The molecule has 206 valence electrons. The molecule has 0 N–H and O–H groups in total. The fraction of sp³-hybridized carbons (Fsp3) is 0.0857. The number of rotatable bonds is 4. The van der Waals surface area contributed by atoms with E-state index in [1.165, 1.54) is 0 Å². The summed E-state index contributed by atoms with van der Waals surface area (Å²) in [6.45, 7) is 4.34. The number of hydrogen-bond donors (Lipinski definition) is 0. The van der Waals surface area contributed by atoms with Crippen LogP contribution < -0.4 is 0 Å². The number of aromatic nitrogens is 6. The molecule has 42 heavy (non-hydrogen) atoms. The standard InChI is InChI=1S/C35H25N6.Pt/c1-35(2,29-17-9-18-31(38-29)40-22-10-21-36-40)30-20-19-28-33(39-30)25-14-8-13-24(23-11-4-3-5-12-23)32(25)34-37-26-15-6-7-16-27(26)41(28)34;/h3-13,15-22H,1-2H3;/q-1;. The van der Waals surface area contributed by atoms with Gasteiger partial charge in [0.1, 0.15) is 5.65 Å². The summed E-state index contributed by atoms with van der Waals surface area (Å²) in [5.74, 6) is 0.777. The monoisotopic (exact) mass is 724 g/mol. The number of nitrogens with zero attached hydrogens (tertiary/aromatic N) is 6. The molecule has 8 rings (SSSR count). The minimum Gasteiger partial charge on any atom is -0.307 e. The van der Waals surface area contributed by atoms with Crippen molar-refractivity contribution in [1.82, 2.24) is 29.1 Å². The molecule has 8 aromatic rings. The molecule has 0 atom stereocenters. The van der Waals surface area contributed by atoms with Gasteiger partial charge in [-0.25, -0.2) is 14.6 Å². The van der Waals surface area contributed by atoms with Crippen LogP contribution in [-0.4, -0.2) is 29.1 Å². The van der Waals surface area contributed by atoms with Gasteiger partial charge in [-0.05, 0) is 61.9 Å². The molecule has 0 bridgehead atoms. The van der Waals surface area contributed by atoms with Crippen LogP contribution >= 0.6 is 0 Å². The Kier molecular flexibility index (Phi) is 6.25. The quantitative estimate of drug-likeness (QED) is 0.139. The van der Waals surface area contributed by atoms with Gasteiger partial charge in [-0.15, -0.1) is 23.6 Å². The molecule has 0 amide bonds. The Bertz CT molecular complexity index is 2230. The third kappa shape index (κ3) is 3.98. The van der Waals surface area contributed by atoms with Crippen LogP contribution in [0.25, 0.3) is 55.4 Å². The van der Waals surface area contributed by atoms with Crippen LogP contribution in [0.3, 0.4) is 0 Å². The maximum atomic E-state index is 5.37. The van der Waals surface area contributed by atoms with Crippen molar-refractivity contribution in [2.75, 3.05) is 0 Å². The molecule has 6 nitrogen and oxygen atoms in total. The Morgan fingerprint density at radius 1 is 0.714 bits per heavy atom. The summed E-state index contributed by atoms with van der Waals surface area (Å²) in [6.07, 6.45) is 3.66. The maximum Gasteiger partial charge on any atom is 0.153 e. The van der Waals surface area contributed by atoms with Crippen LogP contribution in [0.5, 0.6) is 0 Å². The van der Waals surface area contributed by atoms with E-state index in [4.69, 9.17) is 15.0 Å². The molecule has 7 heteroatoms. The van der Waals surface area contributed by atoms with E-state index in [2.05, 4.69) is 96.1 Å². The van der Waals surface area contributed by atoms with Gasteiger partial charge in [0.25, 0.3) is 0 Å². The third-order valence-corrected chi connectivity index (χ3v) is 7.97. The van der Waals surface area contributed by atoms with Crippen LogP contribution in [0.1, 0.15) is 25.2 Å². The third-order valence-electron chi connectivity index (χ3n) is 7.97. The Morgan fingerprint density at radius 2 is 1.52 bits per heavy atom. The number of benzene rings is 3. The molecule has 0 aliphatic rings. The second-order valence-electron chi connectivity index (χ2n) is 10.8. The van der Waals surface area contributed by atoms with Gasteiger partial charge in [-0.1, -0.05) is 59.5 Å². The largest absolute Gasteiger partial charge is 0.307 e. The van der Waals surface area contributed by atoms with Crippen molar-refractivity contribution in [3.63, 3.8) is 0 Å². The van der Waals surface area contributed by atoms with Crippen LogP contribution in [-0.2, 0) is 26.5 Å². The predicted octanol–water partition coefficient (Wildman–Crippen LogP) is 7.56. The van der Waals surface area contributed by atoms with Crippen molar-refractivity contribution in [1.29, 1.82) is 0 Å². The Morgan fingerprint density at radius 3 is 2.36 bits per heavy atom. The predicted molar refractivity (Wildman–Crippen MR) is 163 cm³/mol. The van der Waals surface area contributed by atoms with Gasteiger partial charge in [-0.3, -0.25) is 4.98 Å². The minimum atomic E-state index is -0.466. The molecule has 0 aliphatic carbocycles. The first kappa shape index (κ1) is 26.2. The topological polar surface area (TPSA) is 60.9 Å². The van der Waals surface area contributed by atoms with Crippen molar-refractivity contribution < 1.29 is 21.1 Å². The smallest absolute Gasteiger partial charge is 0.153 e. The Labute approximate surface area is 257 Å². The van der Waals surface area contributed by atoms with Gasteiger partial charge >= 0.3 is 0 Å². The van der Waals surface area contributed by atoms with E-state index in [0.717, 1.165) is 66.8 Å². The number of fused-ring (bicyclic) bond motifs is 8. The zero-order chi connectivity index (χ0) is 27.6. The fourth-order valence-corrected chi connectivity index (χ4v) is 5.81. The van der Waals surface area contributed by atoms with Crippen molar-refractivity contribution in [2.45, 2.75) is 19.3 Å². The van der Waals surface area contributed by atoms with E-state index < -0.39 is 5.41 Å². The van der Waals surface area contributed by atoms with E-state index in [9.17, 15) is 0 Å². The fourth-order valence-electron chi connectivity index (χ4n) is 5.81. The van der Waals surface area contributed by atoms with E-state index in [1.807, 2.05) is 42.6 Å². The number of imidazole rings is 1. The molecule has 0 radical (unpaired) electrons. The normalized spacial score (nSPS) is 11.9. The average Bonchev–Trinajstić information content (AvgIpc) is 3.70. The van der Waals surface area contributed by atoms with E-state index in [-0.39, 0.29) is 21.1 Å². The summed E-state index contributed by atoms with van der Waals surface area (Å²) in [5, 5.41) is 6.37. The van der Waals surface area contributed by atoms with Gasteiger partial charge < -0.3 is 4.40 Å². The molecule has 0 saturated carbocycles. The second kappa shape index (κ2) is 10.0. The molecule has 0 spiro atoms. The van der Waals surface area contributed by atoms with E-state index in [1.54, 1.807) is 10.9 Å². The van der Waals surface area contributed by atoms with Crippen molar-refractivity contribution in [3.05, 3.63) is 133 Å². The second-order valence-corrected chi connectivity index (χ2v) is 10.8. The van der Waals surface area contributed by atoms with Gasteiger partial charge in [-0.2, -0.15) is 5.10 Å². The van der Waals surface area contributed by atoms with Crippen LogP contribution in [0.15, 0.2) is 116 Å². The average molecular weight is 725 g/mol. The van der Waals surface area contributed by atoms with E-state index >= 15 is 0 Å². The first-order chi connectivity index (χ1) is 20.1. The molecule has 0 fully saturated rings. The summed E-state index contributed by atoms with van der Waals surface area (Å²) in [7, 11) is 0. The minimum absolute atomic E-state index is 0. The van der Waals surface area contributed by atoms with Crippen molar-refractivity contribution in [2.24, 2.45) is 0 Å². The van der Waals surface area contributed by atoms with Gasteiger partial charge in [0.2, 0.25) is 0 Å². The maximum absolute atomic E-state index is 5.37. The summed E-state index contributed by atoms with van der Waals surface area (Å²) in [5.41, 5.74) is 8.44. The molecule has 5 aromatic heterocycles. The molecule has 5 heterocycles. The molecular weight excluding hydrogens is 700 g/mol. The van der Waals surface area contributed by atoms with E-state index in [0.29, 0.717) is 0 Å². The summed E-state index contributed by atoms with van der Waals surface area (Å²) in [4.78, 5) is 15.5. The summed E-state index contributed by atoms with van der Waals surface area (Å²) in [6, 6.07) is 38.7. The Balaban J connectivity index is 0.00000288. The molecule has 3 aromatic carbocycles. The first-order valence-corrected chi connectivity index (χ1v) is 13.7. The van der Waals surface area contributed by atoms with Crippen LogP contribution in [0.2, 0.25) is 0 Å². The Hall–Kier alpha value is -4.67. The van der Waals surface area contributed by atoms with Gasteiger partial charge in [0.15, 0.2) is 5.82 Å². The number of para-hydroxylation sites is 2. The van der Waals surface area contributed by atoms with Crippen LogP contribution in [0, 0.1) is 6.07 Å². The zero-order valence-electron chi connectivity index (χ0n) is 23.0. The first-order valence-electron chi connectivity index (χ1n) is 13.7.